The summed E-state index contributed by atoms with van der Waals surface area (Å²) in [5.41, 5.74) is 5.54. The van der Waals surface area contributed by atoms with Crippen LogP contribution in [-0.2, 0) is 9.47 Å². The van der Waals surface area contributed by atoms with E-state index in [0.717, 1.165) is 52.2 Å². The average molecular weight is 457 g/mol. The quantitative estimate of drug-likeness (QED) is 0.359. The van der Waals surface area contributed by atoms with Gasteiger partial charge in [0.25, 0.3) is 0 Å². The largest absolute Gasteiger partial charge is 0.389 e. The smallest absolute Gasteiger partial charge is 0.128 e. The van der Waals surface area contributed by atoms with Gasteiger partial charge in [-0.25, -0.2) is 0 Å². The standard InChI is InChI=1S/C22H40N4O4S/c23-20(28)16(27)11-13-1-6-17-18(13)19-21(24-12-25-22(19)31-17)30-15-4-2-14(3-5-15)26-7-9-29-10-8-26/h13-22,24-25,27-28H,1-12,23H2/t13-,14-,15-,16?,17?,18?,19?,20?,21?,22?/m1/s1. The summed E-state index contributed by atoms with van der Waals surface area (Å²) in [6.07, 6.45) is 5.97. The number of rotatable bonds is 6. The number of hydrogen-bond acceptors (Lipinski definition) is 9. The van der Waals surface area contributed by atoms with E-state index in [9.17, 15) is 10.2 Å². The van der Waals surface area contributed by atoms with Gasteiger partial charge in [0, 0.05) is 37.0 Å². The molecular weight excluding hydrogens is 416 g/mol. The SMILES string of the molecule is NC(O)C(O)C[C@H]1CCC2SC3NCNC(O[C@H]4CC[C@H](N5CCOCC5)CC4)C3C21. The van der Waals surface area contributed by atoms with Crippen molar-refractivity contribution < 1.29 is 19.7 Å². The Morgan fingerprint density at radius 2 is 1.81 bits per heavy atom. The van der Waals surface area contributed by atoms with Crippen LogP contribution < -0.4 is 16.4 Å². The van der Waals surface area contributed by atoms with Crippen LogP contribution in [0.15, 0.2) is 0 Å². The first-order chi connectivity index (χ1) is 15.1. The van der Waals surface area contributed by atoms with Crippen molar-refractivity contribution in [3.05, 3.63) is 0 Å². The van der Waals surface area contributed by atoms with Crippen LogP contribution >= 0.6 is 11.8 Å². The third-order valence-electron chi connectivity index (χ3n) is 8.35. The van der Waals surface area contributed by atoms with Crippen LogP contribution in [0.2, 0.25) is 0 Å². The van der Waals surface area contributed by atoms with Gasteiger partial charge in [-0.2, -0.15) is 0 Å². The number of ether oxygens (including phenoxy) is 2. The first kappa shape index (κ1) is 22.8. The molecule has 0 spiro atoms. The van der Waals surface area contributed by atoms with Crippen molar-refractivity contribution in [2.24, 2.45) is 23.5 Å². The number of fused-ring (bicyclic) bond motifs is 3. The van der Waals surface area contributed by atoms with E-state index in [-0.39, 0.29) is 6.23 Å². The van der Waals surface area contributed by atoms with Crippen LogP contribution in [-0.4, -0.2) is 89.4 Å². The molecule has 178 valence electrons. The van der Waals surface area contributed by atoms with Crippen molar-refractivity contribution in [3.8, 4) is 0 Å². The third-order valence-corrected chi connectivity index (χ3v) is 10.0. The zero-order valence-corrected chi connectivity index (χ0v) is 19.2. The lowest BCUT2D eigenvalue weighted by Crippen LogP contribution is -2.58. The lowest BCUT2D eigenvalue weighted by molar-refractivity contribution is -0.109. The van der Waals surface area contributed by atoms with Crippen LogP contribution in [0.5, 0.6) is 0 Å². The number of nitrogens with two attached hydrogens (primary N) is 1. The minimum absolute atomic E-state index is 0.0687. The molecule has 0 amide bonds. The predicted molar refractivity (Wildman–Crippen MR) is 120 cm³/mol. The molecule has 0 radical (unpaired) electrons. The highest BCUT2D eigenvalue weighted by molar-refractivity contribution is 8.00. The topological polar surface area (TPSA) is 112 Å². The van der Waals surface area contributed by atoms with Crippen LogP contribution in [0.4, 0.5) is 0 Å². The van der Waals surface area contributed by atoms with E-state index in [2.05, 4.69) is 27.3 Å². The van der Waals surface area contributed by atoms with E-state index in [1.165, 1.54) is 19.3 Å². The molecule has 0 aromatic heterocycles. The predicted octanol–water partition coefficient (Wildman–Crippen LogP) is 0.235. The molecule has 3 aliphatic heterocycles. The maximum atomic E-state index is 10.2. The van der Waals surface area contributed by atoms with Crippen molar-refractivity contribution in [2.45, 2.75) is 86.3 Å². The van der Waals surface area contributed by atoms with Crippen LogP contribution in [0.1, 0.15) is 44.9 Å². The van der Waals surface area contributed by atoms with E-state index in [1.54, 1.807) is 0 Å². The number of nitrogens with zero attached hydrogens (tertiary/aromatic N) is 1. The Morgan fingerprint density at radius 1 is 1.03 bits per heavy atom. The van der Waals surface area contributed by atoms with Crippen molar-refractivity contribution in [2.75, 3.05) is 33.0 Å². The Hall–Kier alpha value is 0.0300. The van der Waals surface area contributed by atoms with Crippen LogP contribution in [0.3, 0.4) is 0 Å². The van der Waals surface area contributed by atoms with Gasteiger partial charge in [0.15, 0.2) is 0 Å². The van der Waals surface area contributed by atoms with Crippen molar-refractivity contribution in [1.82, 2.24) is 15.5 Å². The molecular formula is C22H40N4O4S. The molecule has 2 aliphatic carbocycles. The molecule has 6 N–H and O–H groups in total. The fraction of sp³-hybridized carbons (Fsp3) is 1.00. The summed E-state index contributed by atoms with van der Waals surface area (Å²) in [7, 11) is 0. The van der Waals surface area contributed by atoms with Gasteiger partial charge in [0.2, 0.25) is 0 Å². The minimum atomic E-state index is -1.15. The molecule has 31 heavy (non-hydrogen) atoms. The van der Waals surface area contributed by atoms with Gasteiger partial charge in [-0.05, 0) is 56.8 Å². The highest BCUT2D eigenvalue weighted by atomic mass is 32.2. The van der Waals surface area contributed by atoms with Gasteiger partial charge in [0.1, 0.15) is 12.5 Å². The molecule has 5 aliphatic rings. The highest BCUT2D eigenvalue weighted by Gasteiger charge is 2.55. The molecule has 8 nitrogen and oxygen atoms in total. The van der Waals surface area contributed by atoms with Crippen molar-refractivity contribution in [1.29, 1.82) is 0 Å². The zero-order chi connectivity index (χ0) is 21.4. The van der Waals surface area contributed by atoms with Crippen LogP contribution in [0.25, 0.3) is 0 Å². The molecule has 0 aromatic carbocycles. The second-order valence-corrected chi connectivity index (χ2v) is 11.5. The van der Waals surface area contributed by atoms with Gasteiger partial charge in [-0.1, -0.05) is 0 Å². The fourth-order valence-corrected chi connectivity index (χ4v) is 8.69. The summed E-state index contributed by atoms with van der Waals surface area (Å²) < 4.78 is 12.3. The Labute approximate surface area is 190 Å². The van der Waals surface area contributed by atoms with Gasteiger partial charge >= 0.3 is 0 Å². The summed E-state index contributed by atoms with van der Waals surface area (Å²) in [6, 6.07) is 0.687. The Bertz CT molecular complexity index is 588. The van der Waals surface area contributed by atoms with E-state index in [4.69, 9.17) is 15.2 Å². The molecule has 9 heteroatoms. The Balaban J connectivity index is 1.19. The summed E-state index contributed by atoms with van der Waals surface area (Å²) in [5, 5.41) is 28.1. The maximum absolute atomic E-state index is 10.2. The van der Waals surface area contributed by atoms with E-state index in [0.29, 0.717) is 46.9 Å². The van der Waals surface area contributed by atoms with Crippen LogP contribution in [0, 0.1) is 17.8 Å². The molecule has 5 rings (SSSR count). The van der Waals surface area contributed by atoms with E-state index in [1.807, 2.05) is 0 Å². The number of morpholine rings is 1. The maximum Gasteiger partial charge on any atom is 0.128 e. The second-order valence-electron chi connectivity index (χ2n) is 10.1. The minimum Gasteiger partial charge on any atom is -0.389 e. The summed E-state index contributed by atoms with van der Waals surface area (Å²) >= 11 is 2.06. The third kappa shape index (κ3) is 4.95. The number of aliphatic hydroxyl groups excluding tert-OH is 2. The summed E-state index contributed by atoms with van der Waals surface area (Å²) in [4.78, 5) is 2.61. The van der Waals surface area contributed by atoms with Gasteiger partial charge < -0.3 is 25.4 Å². The average Bonchev–Trinajstić information content (AvgIpc) is 3.35. The lowest BCUT2D eigenvalue weighted by Gasteiger charge is -2.43. The number of hydrogen-bond donors (Lipinski definition) is 5. The van der Waals surface area contributed by atoms with Gasteiger partial charge in [-0.3, -0.25) is 15.5 Å². The normalized spacial score (nSPS) is 45.8. The summed E-state index contributed by atoms with van der Waals surface area (Å²) in [6.45, 7) is 4.67. The number of nitrogens with one attached hydrogen (secondary N) is 2. The number of thioether (sulfide) groups is 1. The Morgan fingerprint density at radius 3 is 2.55 bits per heavy atom. The van der Waals surface area contributed by atoms with E-state index >= 15 is 0 Å². The summed E-state index contributed by atoms with van der Waals surface area (Å²) in [5.74, 6) is 1.29. The Kier molecular flexibility index (Phi) is 7.44. The van der Waals surface area contributed by atoms with Crippen molar-refractivity contribution in [3.63, 3.8) is 0 Å². The van der Waals surface area contributed by atoms with E-state index < -0.39 is 12.3 Å². The number of aliphatic hydroxyl groups is 2. The van der Waals surface area contributed by atoms with Crippen molar-refractivity contribution >= 4 is 11.8 Å². The molecule has 5 fully saturated rings. The first-order valence-corrected chi connectivity index (χ1v) is 13.3. The highest BCUT2D eigenvalue weighted by Crippen LogP contribution is 2.56. The molecule has 0 aromatic rings. The lowest BCUT2D eigenvalue weighted by atomic mass is 9.79. The molecule has 3 saturated heterocycles. The second kappa shape index (κ2) is 10.1. The molecule has 3 heterocycles. The molecule has 0 bridgehead atoms. The molecule has 2 saturated carbocycles. The first-order valence-electron chi connectivity index (χ1n) is 12.3. The van der Waals surface area contributed by atoms with Gasteiger partial charge in [0.05, 0.1) is 30.8 Å². The fourth-order valence-electron chi connectivity index (χ4n) is 6.77. The molecule has 7 unspecified atom stereocenters. The zero-order valence-electron chi connectivity index (χ0n) is 18.4. The molecule has 8 atom stereocenters. The van der Waals surface area contributed by atoms with Gasteiger partial charge in [-0.15, -0.1) is 11.8 Å². The monoisotopic (exact) mass is 456 g/mol.